The van der Waals surface area contributed by atoms with Gasteiger partial charge >= 0.3 is 181 Å². The zero-order valence-electron chi connectivity index (χ0n) is 30.0. The molecular weight excluding hydrogens is 1100 g/mol. The van der Waals surface area contributed by atoms with Gasteiger partial charge in [0.25, 0.3) is 0 Å². The van der Waals surface area contributed by atoms with Crippen molar-refractivity contribution in [1.82, 2.24) is 0 Å². The van der Waals surface area contributed by atoms with Gasteiger partial charge in [-0.1, -0.05) is 36.4 Å². The van der Waals surface area contributed by atoms with Crippen molar-refractivity contribution in [3.05, 3.63) is 119 Å². The van der Waals surface area contributed by atoms with Crippen molar-refractivity contribution in [3.8, 4) is 22.3 Å². The summed E-state index contributed by atoms with van der Waals surface area (Å²) in [5, 5.41) is -13.5. The first kappa shape index (κ1) is 65.3. The summed E-state index contributed by atoms with van der Waals surface area (Å²) in [5.74, 6) is -17.7. The van der Waals surface area contributed by atoms with E-state index in [0.717, 1.165) is 48.5 Å². The monoisotopic (exact) mass is 1120 g/mol. The van der Waals surface area contributed by atoms with Crippen LogP contribution >= 0.6 is 0 Å². The van der Waals surface area contributed by atoms with Crippen LogP contribution in [-0.2, 0) is 53.1 Å². The van der Waals surface area contributed by atoms with Gasteiger partial charge in [-0.3, -0.25) is 9.11 Å². The molecule has 0 aliphatic rings. The molecule has 0 fully saturated rings. The number of rotatable bonds is 14. The van der Waals surface area contributed by atoms with Gasteiger partial charge in [-0.05, 0) is 70.8 Å². The van der Waals surface area contributed by atoms with Crippen molar-refractivity contribution in [2.24, 2.45) is 0 Å². The number of benzene rings is 4. The first-order chi connectivity index (χ1) is 29.1. The molecule has 0 atom stereocenters. The van der Waals surface area contributed by atoms with Crippen LogP contribution in [0.4, 0.5) is 87.8 Å². The Morgan fingerprint density at radius 2 is 0.627 bits per heavy atom. The van der Waals surface area contributed by atoms with Crippen molar-refractivity contribution in [3.63, 3.8) is 0 Å². The molecule has 0 aliphatic carbocycles. The molecule has 2 N–H and O–H groups in total. The van der Waals surface area contributed by atoms with Gasteiger partial charge in [-0.15, -0.1) is 0 Å². The summed E-state index contributed by atoms with van der Waals surface area (Å²) in [4.78, 5) is 0. The van der Waals surface area contributed by atoms with Crippen molar-refractivity contribution in [1.29, 1.82) is 0 Å². The predicted octanol–water partition coefficient (Wildman–Crippen LogP) is 8.85. The summed E-state index contributed by atoms with van der Waals surface area (Å²) in [5.41, 5.74) is -4.92. The summed E-state index contributed by atoms with van der Waals surface area (Å²) in [7, 11) is -14.2. The number of halogens is 20. The molecule has 0 unspecified atom stereocenters. The number of hydrogen-bond acceptors (Lipinski definition) is 8. The van der Waals surface area contributed by atoms with Gasteiger partial charge in [-0.2, -0.15) is 95.5 Å². The van der Waals surface area contributed by atoms with E-state index >= 15 is 0 Å². The number of ether oxygens (including phenoxy) is 2. The van der Waals surface area contributed by atoms with E-state index in [9.17, 15) is 105 Å². The van der Waals surface area contributed by atoms with Crippen LogP contribution in [-0.4, -0.2) is 172 Å². The minimum absolute atomic E-state index is 0. The molecule has 67 heavy (non-hydrogen) atoms. The van der Waals surface area contributed by atoms with Gasteiger partial charge < -0.3 is 0 Å². The molecule has 0 saturated carbocycles. The zero-order valence-corrected chi connectivity index (χ0v) is 32.5. The third-order valence-electron chi connectivity index (χ3n) is 7.54. The van der Waals surface area contributed by atoms with E-state index in [4.69, 9.17) is 17.5 Å². The van der Waals surface area contributed by atoms with E-state index in [-0.39, 0.29) is 149 Å². The van der Waals surface area contributed by atoms with E-state index in [1.165, 1.54) is 0 Å². The SMILES string of the molecule is O=S(=O)(O)C(F)(F)C(F)(F)OC(F)(F)C(F)(F)c1ccc(-c2ccc(F)cc2)cc1F.O=S(=O)(O)C(F)(F)C(F)(F)OC(F)(F)C(F)(F)c1ccc(-c2ccc(F)cc2)cc1F.O=S=O.[KH].[KH]. The molecule has 4 rings (SSSR count). The Morgan fingerprint density at radius 1 is 0.403 bits per heavy atom. The van der Waals surface area contributed by atoms with Gasteiger partial charge in [-0.25, -0.2) is 27.0 Å². The molecule has 4 aromatic carbocycles. The zero-order chi connectivity index (χ0) is 50.8. The van der Waals surface area contributed by atoms with Crippen LogP contribution in [0.15, 0.2) is 84.9 Å². The Hall–Kier alpha value is -1.69. The van der Waals surface area contributed by atoms with Crippen LogP contribution < -0.4 is 0 Å². The summed E-state index contributed by atoms with van der Waals surface area (Å²) < 4.78 is 348. The second kappa shape index (κ2) is 23.2. The average Bonchev–Trinajstić information content (AvgIpc) is 3.13. The van der Waals surface area contributed by atoms with E-state index in [1.54, 1.807) is 0 Å². The van der Waals surface area contributed by atoms with Gasteiger partial charge in [0.1, 0.15) is 23.3 Å². The molecule has 0 spiro atoms. The topological polar surface area (TPSA) is 161 Å². The molecule has 0 heterocycles. The fraction of sp³-hybridized carbons (Fsp3) is 0.250. The van der Waals surface area contributed by atoms with Gasteiger partial charge in [0, 0.05) is 0 Å². The van der Waals surface area contributed by atoms with E-state index in [0.29, 0.717) is 12.1 Å². The average molecular weight is 1120 g/mol. The molecule has 0 aromatic heterocycles. The second-order valence-electron chi connectivity index (χ2n) is 11.9. The third-order valence-corrected chi connectivity index (χ3v) is 9.31. The normalized spacial score (nSPS) is 13.2. The molecule has 0 saturated heterocycles. The first-order valence-corrected chi connectivity index (χ1v) is 19.0. The Balaban J connectivity index is 0.00000119. The summed E-state index contributed by atoms with van der Waals surface area (Å²) >= 11 is -0.750. The van der Waals surface area contributed by atoms with Crippen molar-refractivity contribution < 1.29 is 132 Å². The van der Waals surface area contributed by atoms with Crippen LogP contribution in [0.3, 0.4) is 0 Å². The fourth-order valence-electron chi connectivity index (χ4n) is 4.37. The summed E-state index contributed by atoms with van der Waals surface area (Å²) in [6.45, 7) is 0. The molecule has 0 bridgehead atoms. The molecule has 366 valence electrons. The Bertz CT molecular complexity index is 2430. The number of alkyl halides is 16. The van der Waals surface area contributed by atoms with Gasteiger partial charge in [0.15, 0.2) is 0 Å². The van der Waals surface area contributed by atoms with Crippen molar-refractivity contribution in [2.45, 2.75) is 46.8 Å². The first-order valence-electron chi connectivity index (χ1n) is 15.5. The molecule has 0 aliphatic heterocycles. The van der Waals surface area contributed by atoms with Crippen LogP contribution in [0.25, 0.3) is 22.3 Å². The van der Waals surface area contributed by atoms with Crippen LogP contribution in [0.2, 0.25) is 0 Å². The maximum atomic E-state index is 14.1. The fourth-order valence-corrected chi connectivity index (χ4v) is 5.05. The van der Waals surface area contributed by atoms with Crippen LogP contribution in [0, 0.1) is 23.3 Å². The van der Waals surface area contributed by atoms with E-state index < -0.39 is 113 Å². The van der Waals surface area contributed by atoms with Crippen LogP contribution in [0.1, 0.15) is 11.1 Å². The van der Waals surface area contributed by atoms with Gasteiger partial charge in [0.05, 0.1) is 11.1 Å². The molecule has 10 nitrogen and oxygen atoms in total. The van der Waals surface area contributed by atoms with Gasteiger partial charge in [0.2, 0.25) is 0 Å². The maximum absolute atomic E-state index is 14.1. The predicted molar refractivity (Wildman–Crippen MR) is 190 cm³/mol. The summed E-state index contributed by atoms with van der Waals surface area (Å²) in [6.07, 6.45) is -26.9. The molecule has 0 radical (unpaired) electrons. The summed E-state index contributed by atoms with van der Waals surface area (Å²) in [6, 6.07) is 9.59. The quantitative estimate of drug-likeness (QED) is 0.0710. The van der Waals surface area contributed by atoms with Crippen molar-refractivity contribution >= 4 is 135 Å². The molecule has 35 heteroatoms. The van der Waals surface area contributed by atoms with E-state index in [2.05, 4.69) is 9.47 Å². The Labute approximate surface area is 449 Å². The molecule has 0 amide bonds. The van der Waals surface area contributed by atoms with Crippen LogP contribution in [0.5, 0.6) is 0 Å². The Kier molecular flexibility index (Phi) is 22.7. The minimum atomic E-state index is -7.08. The molecule has 4 aromatic rings. The second-order valence-corrected chi connectivity index (χ2v) is 14.9. The number of hydrogen-bond donors (Lipinski definition) is 2. The third kappa shape index (κ3) is 14.7. The van der Waals surface area contributed by atoms with E-state index in [1.807, 2.05) is 0 Å². The molecular formula is C32H18F20K2O10S3. The Morgan fingerprint density at radius 3 is 0.836 bits per heavy atom. The van der Waals surface area contributed by atoms with Crippen molar-refractivity contribution in [2.75, 3.05) is 0 Å². The standard InChI is InChI=1S/2C16H8F10O4S.2K.O2S.2H/c2*17-10-4-1-8(2-5-10)9-3-6-11(12(18)7-9)13(19,20)14(21,22)30-15(23,24)16(25,26)31(27,28)29;;;1-3-2;;/h2*1-7H,(H,27,28,29);;;;;.